The topological polar surface area (TPSA) is 71.8 Å². The van der Waals surface area contributed by atoms with Gasteiger partial charge in [0, 0.05) is 26.0 Å². The molecule has 0 unspecified atom stereocenters. The van der Waals surface area contributed by atoms with Crippen molar-refractivity contribution in [3.05, 3.63) is 59.5 Å². The van der Waals surface area contributed by atoms with E-state index in [-0.39, 0.29) is 5.91 Å². The zero-order chi connectivity index (χ0) is 16.9. The fraction of sp³-hybridized carbons (Fsp3) is 0.235. The Labute approximate surface area is 144 Å². The molecule has 3 aromatic rings. The smallest absolute Gasteiger partial charge is 0.256 e. The lowest BCUT2D eigenvalue weighted by atomic mass is 10.1. The molecule has 0 atom stereocenters. The fourth-order valence-corrected chi connectivity index (χ4v) is 3.20. The third-order valence-corrected chi connectivity index (χ3v) is 4.68. The van der Waals surface area contributed by atoms with Crippen molar-refractivity contribution < 1.29 is 4.79 Å². The summed E-state index contributed by atoms with van der Waals surface area (Å²) in [5.74, 6) is -0.0845. The first kappa shape index (κ1) is 16.2. The summed E-state index contributed by atoms with van der Waals surface area (Å²) in [6.07, 6.45) is 4.44. The van der Waals surface area contributed by atoms with E-state index < -0.39 is 0 Å². The number of anilines is 1. The van der Waals surface area contributed by atoms with Gasteiger partial charge in [-0.05, 0) is 48.6 Å². The van der Waals surface area contributed by atoms with Gasteiger partial charge in [0.2, 0.25) is 0 Å². The van der Waals surface area contributed by atoms with Crippen molar-refractivity contribution in [1.29, 1.82) is 0 Å². The van der Waals surface area contributed by atoms with Crippen LogP contribution >= 0.6 is 11.5 Å². The Balaban J connectivity index is 1.56. The molecule has 0 aliphatic carbocycles. The molecule has 0 spiro atoms. The van der Waals surface area contributed by atoms with E-state index in [0.29, 0.717) is 12.1 Å². The van der Waals surface area contributed by atoms with Crippen molar-refractivity contribution in [3.8, 4) is 5.69 Å². The summed E-state index contributed by atoms with van der Waals surface area (Å²) in [5, 5.41) is 11.0. The number of benzene rings is 1. The van der Waals surface area contributed by atoms with Crippen LogP contribution in [0.15, 0.2) is 42.7 Å². The number of rotatable bonds is 6. The second-order valence-corrected chi connectivity index (χ2v) is 6.12. The van der Waals surface area contributed by atoms with Gasteiger partial charge in [-0.15, -0.1) is 0 Å². The Morgan fingerprint density at radius 1 is 1.29 bits per heavy atom. The van der Waals surface area contributed by atoms with Gasteiger partial charge in [-0.25, -0.2) is 4.68 Å². The molecule has 124 valence electrons. The average Bonchev–Trinajstić information content (AvgIpc) is 3.25. The molecule has 6 nitrogen and oxygen atoms in total. The Morgan fingerprint density at radius 2 is 2.08 bits per heavy atom. The Kier molecular flexibility index (Phi) is 4.90. The van der Waals surface area contributed by atoms with Crippen LogP contribution in [0.1, 0.15) is 21.6 Å². The average molecular weight is 341 g/mol. The fourth-order valence-electron chi connectivity index (χ4n) is 2.45. The van der Waals surface area contributed by atoms with Crippen LogP contribution in [0, 0.1) is 6.92 Å². The molecular weight excluding hydrogens is 322 g/mol. The van der Waals surface area contributed by atoms with E-state index in [4.69, 9.17) is 0 Å². The molecule has 0 fully saturated rings. The van der Waals surface area contributed by atoms with Crippen LogP contribution < -0.4 is 10.6 Å². The highest BCUT2D eigenvalue weighted by Crippen LogP contribution is 2.23. The first-order valence-electron chi connectivity index (χ1n) is 7.70. The van der Waals surface area contributed by atoms with E-state index in [9.17, 15) is 4.79 Å². The summed E-state index contributed by atoms with van der Waals surface area (Å²) in [6.45, 7) is 2.43. The van der Waals surface area contributed by atoms with Crippen LogP contribution in [0.4, 0.5) is 5.00 Å². The second-order valence-electron chi connectivity index (χ2n) is 5.35. The molecule has 3 rings (SSSR count). The van der Waals surface area contributed by atoms with Crippen molar-refractivity contribution in [2.45, 2.75) is 13.3 Å². The molecule has 0 aliphatic heterocycles. The van der Waals surface area contributed by atoms with Gasteiger partial charge in [0.25, 0.3) is 5.91 Å². The van der Waals surface area contributed by atoms with E-state index in [0.717, 1.165) is 22.8 Å². The minimum absolute atomic E-state index is 0.0845. The zero-order valence-electron chi connectivity index (χ0n) is 13.6. The van der Waals surface area contributed by atoms with Crippen LogP contribution in [0.5, 0.6) is 0 Å². The number of hydrogen-bond donors (Lipinski definition) is 2. The van der Waals surface area contributed by atoms with Crippen molar-refractivity contribution in [1.82, 2.24) is 19.5 Å². The Hall–Kier alpha value is -2.67. The maximum absolute atomic E-state index is 12.3. The van der Waals surface area contributed by atoms with Crippen molar-refractivity contribution in [3.63, 3.8) is 0 Å². The van der Waals surface area contributed by atoms with Crippen LogP contribution in [0.2, 0.25) is 0 Å². The van der Waals surface area contributed by atoms with Gasteiger partial charge in [-0.3, -0.25) is 4.79 Å². The molecule has 2 N–H and O–H groups in total. The molecule has 2 aromatic heterocycles. The molecule has 0 aliphatic rings. The molecule has 2 heterocycles. The van der Waals surface area contributed by atoms with Gasteiger partial charge in [0.05, 0.1) is 16.9 Å². The summed E-state index contributed by atoms with van der Waals surface area (Å²) >= 11 is 1.30. The maximum atomic E-state index is 12.3. The molecule has 1 aromatic carbocycles. The summed E-state index contributed by atoms with van der Waals surface area (Å²) in [6, 6.07) is 10.1. The van der Waals surface area contributed by atoms with E-state index >= 15 is 0 Å². The van der Waals surface area contributed by atoms with Crippen molar-refractivity contribution in [2.24, 2.45) is 0 Å². The molecule has 7 heteroatoms. The van der Waals surface area contributed by atoms with Gasteiger partial charge in [0.1, 0.15) is 5.00 Å². The number of carbonyl (C=O) groups excluding carboxylic acids is 1. The molecule has 0 radical (unpaired) electrons. The minimum Gasteiger partial charge on any atom is -0.378 e. The SMILES string of the molecule is CNc1snc(C)c1C(=O)NCCc1ccc(-n2cccn2)cc1. The number of hydrogen-bond acceptors (Lipinski definition) is 5. The number of nitrogens with one attached hydrogen (secondary N) is 2. The van der Waals surface area contributed by atoms with Gasteiger partial charge in [-0.1, -0.05) is 12.1 Å². The lowest BCUT2D eigenvalue weighted by Crippen LogP contribution is -2.26. The van der Waals surface area contributed by atoms with Crippen LogP contribution in [-0.4, -0.2) is 33.7 Å². The standard InChI is InChI=1S/C17H19N5OS/c1-12-15(17(18-2)24-21-12)16(23)19-10-8-13-4-6-14(7-5-13)22-11-3-9-20-22/h3-7,9,11,18H,8,10H2,1-2H3,(H,19,23). The summed E-state index contributed by atoms with van der Waals surface area (Å²) < 4.78 is 6.04. The quantitative estimate of drug-likeness (QED) is 0.723. The molecule has 0 saturated carbocycles. The van der Waals surface area contributed by atoms with Gasteiger partial charge < -0.3 is 10.6 Å². The van der Waals surface area contributed by atoms with E-state index in [2.05, 4.69) is 32.2 Å². The lowest BCUT2D eigenvalue weighted by molar-refractivity contribution is 0.0954. The zero-order valence-corrected chi connectivity index (χ0v) is 14.4. The Bertz CT molecular complexity index is 808. The van der Waals surface area contributed by atoms with Crippen LogP contribution in [0.25, 0.3) is 5.69 Å². The number of amides is 1. The van der Waals surface area contributed by atoms with Gasteiger partial charge in [0.15, 0.2) is 0 Å². The summed E-state index contributed by atoms with van der Waals surface area (Å²) in [7, 11) is 1.80. The third-order valence-electron chi connectivity index (χ3n) is 3.72. The van der Waals surface area contributed by atoms with E-state index in [1.165, 1.54) is 17.1 Å². The van der Waals surface area contributed by atoms with Crippen molar-refractivity contribution in [2.75, 3.05) is 18.9 Å². The van der Waals surface area contributed by atoms with Crippen LogP contribution in [0.3, 0.4) is 0 Å². The Morgan fingerprint density at radius 3 is 2.75 bits per heavy atom. The normalized spacial score (nSPS) is 10.6. The summed E-state index contributed by atoms with van der Waals surface area (Å²) in [4.78, 5) is 12.3. The third kappa shape index (κ3) is 3.46. The second kappa shape index (κ2) is 7.27. The summed E-state index contributed by atoms with van der Waals surface area (Å²) in [5.41, 5.74) is 3.58. The number of carbonyl (C=O) groups is 1. The highest BCUT2D eigenvalue weighted by atomic mass is 32.1. The molecule has 0 saturated heterocycles. The molecule has 1 amide bonds. The minimum atomic E-state index is -0.0845. The highest BCUT2D eigenvalue weighted by molar-refractivity contribution is 7.10. The first-order chi connectivity index (χ1) is 11.7. The molecule has 0 bridgehead atoms. The number of aryl methyl sites for hydroxylation is 1. The van der Waals surface area contributed by atoms with Crippen LogP contribution in [-0.2, 0) is 6.42 Å². The van der Waals surface area contributed by atoms with Gasteiger partial charge >= 0.3 is 0 Å². The largest absolute Gasteiger partial charge is 0.378 e. The predicted molar refractivity (Wildman–Crippen MR) is 96.0 cm³/mol. The molecular formula is C17H19N5OS. The maximum Gasteiger partial charge on any atom is 0.256 e. The number of aromatic nitrogens is 3. The van der Waals surface area contributed by atoms with E-state index in [1.54, 1.807) is 13.2 Å². The number of nitrogens with zero attached hydrogens (tertiary/aromatic N) is 3. The highest BCUT2D eigenvalue weighted by Gasteiger charge is 2.16. The predicted octanol–water partition coefficient (Wildman–Crippen LogP) is 2.65. The lowest BCUT2D eigenvalue weighted by Gasteiger charge is -2.07. The monoisotopic (exact) mass is 341 g/mol. The van der Waals surface area contributed by atoms with Gasteiger partial charge in [-0.2, -0.15) is 9.47 Å². The van der Waals surface area contributed by atoms with E-state index in [1.807, 2.05) is 36.0 Å². The van der Waals surface area contributed by atoms with Crippen molar-refractivity contribution >= 4 is 22.4 Å². The first-order valence-corrected chi connectivity index (χ1v) is 8.47. The molecule has 24 heavy (non-hydrogen) atoms.